The highest BCUT2D eigenvalue weighted by Gasteiger charge is 2.07. The van der Waals surface area contributed by atoms with Crippen LogP contribution in [-0.4, -0.2) is 19.8 Å². The second-order valence-electron chi connectivity index (χ2n) is 4.95. The van der Waals surface area contributed by atoms with E-state index >= 15 is 0 Å². The van der Waals surface area contributed by atoms with E-state index in [1.54, 1.807) is 0 Å². The average molecular weight is 389 g/mol. The Kier molecular flexibility index (Phi) is 8.79. The Morgan fingerprint density at radius 1 is 1.23 bits per heavy atom. The minimum atomic E-state index is 0. The number of ether oxygens (including phenoxy) is 1. The Hall–Kier alpha value is -0.810. The smallest absolute Gasteiger partial charge is 0.134 e. The third-order valence-electron chi connectivity index (χ3n) is 3.26. The van der Waals surface area contributed by atoms with Crippen LogP contribution in [0.1, 0.15) is 24.7 Å². The number of hydrogen-bond donors (Lipinski definition) is 1. The van der Waals surface area contributed by atoms with Crippen LogP contribution in [0.5, 0.6) is 0 Å². The third kappa shape index (κ3) is 5.76. The van der Waals surface area contributed by atoms with Crippen LogP contribution < -0.4 is 5.32 Å². The lowest BCUT2D eigenvalue weighted by Gasteiger charge is -2.04. The van der Waals surface area contributed by atoms with E-state index < -0.39 is 0 Å². The van der Waals surface area contributed by atoms with E-state index in [1.165, 1.54) is 5.56 Å². The molecule has 0 unspecified atom stereocenters. The average Bonchev–Trinajstić information content (AvgIpc) is 2.91. The van der Waals surface area contributed by atoms with E-state index in [4.69, 9.17) is 9.15 Å². The molecule has 1 heterocycles. The Labute approximate surface area is 147 Å². The number of benzene rings is 1. The summed E-state index contributed by atoms with van der Waals surface area (Å²) in [7, 11) is 0. The molecule has 3 nitrogen and oxygen atoms in total. The summed E-state index contributed by atoms with van der Waals surface area (Å²) < 4.78 is 12.3. The highest BCUT2D eigenvalue weighted by Crippen LogP contribution is 2.27. The first-order chi connectivity index (χ1) is 10.2. The lowest BCUT2D eigenvalue weighted by atomic mass is 10.1. The van der Waals surface area contributed by atoms with Gasteiger partial charge in [0.25, 0.3) is 0 Å². The van der Waals surface area contributed by atoms with Crippen molar-refractivity contribution in [2.24, 2.45) is 0 Å². The molecule has 0 fully saturated rings. The molecule has 0 aliphatic carbocycles. The highest BCUT2D eigenvalue weighted by molar-refractivity contribution is 9.10. The maximum Gasteiger partial charge on any atom is 0.134 e. The van der Waals surface area contributed by atoms with Crippen molar-refractivity contribution in [3.63, 3.8) is 0 Å². The molecular formula is C17H23BrClNO2. The largest absolute Gasteiger partial charge is 0.460 e. The van der Waals surface area contributed by atoms with Gasteiger partial charge in [-0.15, -0.1) is 12.4 Å². The molecule has 22 heavy (non-hydrogen) atoms. The molecule has 0 saturated carbocycles. The van der Waals surface area contributed by atoms with Gasteiger partial charge >= 0.3 is 0 Å². The zero-order chi connectivity index (χ0) is 15.1. The molecular weight excluding hydrogens is 366 g/mol. The van der Waals surface area contributed by atoms with Crippen LogP contribution in [0.2, 0.25) is 0 Å². The van der Waals surface area contributed by atoms with Gasteiger partial charge in [-0.2, -0.15) is 0 Å². The lowest BCUT2D eigenvalue weighted by Crippen LogP contribution is -2.15. The summed E-state index contributed by atoms with van der Waals surface area (Å²) in [4.78, 5) is 0. The zero-order valence-electron chi connectivity index (χ0n) is 13.0. The number of nitrogens with one attached hydrogen (secondary N) is 1. The SMILES string of the molecule is CCOCCCNCc1ccc(-c2ccc(Br)cc2C)o1.Cl. The van der Waals surface area contributed by atoms with Crippen molar-refractivity contribution >= 4 is 28.3 Å². The summed E-state index contributed by atoms with van der Waals surface area (Å²) in [5.74, 6) is 1.88. The van der Waals surface area contributed by atoms with Crippen LogP contribution in [-0.2, 0) is 11.3 Å². The number of halogens is 2. The zero-order valence-corrected chi connectivity index (χ0v) is 15.4. The van der Waals surface area contributed by atoms with Crippen molar-refractivity contribution in [3.05, 3.63) is 46.1 Å². The first-order valence-electron chi connectivity index (χ1n) is 7.34. The van der Waals surface area contributed by atoms with Gasteiger partial charge in [0, 0.05) is 23.2 Å². The first kappa shape index (κ1) is 19.2. The first-order valence-corrected chi connectivity index (χ1v) is 8.13. The summed E-state index contributed by atoms with van der Waals surface area (Å²) in [5, 5.41) is 3.37. The monoisotopic (exact) mass is 387 g/mol. The summed E-state index contributed by atoms with van der Waals surface area (Å²) >= 11 is 3.48. The molecule has 0 radical (unpaired) electrons. The maximum absolute atomic E-state index is 5.91. The van der Waals surface area contributed by atoms with Gasteiger partial charge in [0.05, 0.1) is 6.54 Å². The quantitative estimate of drug-likeness (QED) is 0.649. The topological polar surface area (TPSA) is 34.4 Å². The lowest BCUT2D eigenvalue weighted by molar-refractivity contribution is 0.144. The molecule has 2 rings (SSSR count). The molecule has 0 bridgehead atoms. The third-order valence-corrected chi connectivity index (χ3v) is 3.75. The standard InChI is InChI=1S/C17H22BrNO2.ClH/c1-3-20-10-4-9-19-12-15-6-8-17(21-15)16-7-5-14(18)11-13(16)2;/h5-8,11,19H,3-4,9-10,12H2,1-2H3;1H. The molecule has 1 N–H and O–H groups in total. The van der Waals surface area contributed by atoms with E-state index in [1.807, 2.05) is 25.1 Å². The Morgan fingerprint density at radius 2 is 2.05 bits per heavy atom. The Bertz CT molecular complexity index is 572. The molecule has 0 aliphatic heterocycles. The molecule has 0 spiro atoms. The molecule has 0 atom stereocenters. The van der Waals surface area contributed by atoms with Crippen LogP contribution in [0.25, 0.3) is 11.3 Å². The summed E-state index contributed by atoms with van der Waals surface area (Å²) in [6.45, 7) is 7.39. The van der Waals surface area contributed by atoms with Crippen molar-refractivity contribution in [2.75, 3.05) is 19.8 Å². The summed E-state index contributed by atoms with van der Waals surface area (Å²) in [6, 6.07) is 10.3. The van der Waals surface area contributed by atoms with Gasteiger partial charge in [-0.1, -0.05) is 15.9 Å². The van der Waals surface area contributed by atoms with Crippen molar-refractivity contribution in [1.29, 1.82) is 0 Å². The highest BCUT2D eigenvalue weighted by atomic mass is 79.9. The summed E-state index contributed by atoms with van der Waals surface area (Å²) in [5.41, 5.74) is 2.34. The van der Waals surface area contributed by atoms with E-state index in [2.05, 4.69) is 40.3 Å². The molecule has 2 aromatic rings. The van der Waals surface area contributed by atoms with E-state index in [-0.39, 0.29) is 12.4 Å². The molecule has 1 aromatic heterocycles. The molecule has 1 aromatic carbocycles. The van der Waals surface area contributed by atoms with Gasteiger partial charge < -0.3 is 14.5 Å². The van der Waals surface area contributed by atoms with E-state index in [9.17, 15) is 0 Å². The number of rotatable bonds is 8. The van der Waals surface area contributed by atoms with Crippen LogP contribution in [0, 0.1) is 6.92 Å². The van der Waals surface area contributed by atoms with Gasteiger partial charge in [-0.3, -0.25) is 0 Å². The van der Waals surface area contributed by atoms with Gasteiger partial charge in [-0.05, 0) is 62.7 Å². The Morgan fingerprint density at radius 3 is 2.77 bits per heavy atom. The van der Waals surface area contributed by atoms with Gasteiger partial charge in [-0.25, -0.2) is 0 Å². The number of aryl methyl sites for hydroxylation is 1. The molecule has 122 valence electrons. The van der Waals surface area contributed by atoms with Crippen molar-refractivity contribution in [3.8, 4) is 11.3 Å². The molecule has 5 heteroatoms. The van der Waals surface area contributed by atoms with Gasteiger partial charge in [0.1, 0.15) is 11.5 Å². The minimum absolute atomic E-state index is 0. The Balaban J connectivity index is 0.00000242. The number of hydrogen-bond acceptors (Lipinski definition) is 3. The molecule has 0 aliphatic rings. The normalized spacial score (nSPS) is 10.5. The van der Waals surface area contributed by atoms with Crippen molar-refractivity contribution in [2.45, 2.75) is 26.8 Å². The molecule has 0 amide bonds. The van der Waals surface area contributed by atoms with Gasteiger partial charge in [0.15, 0.2) is 0 Å². The van der Waals surface area contributed by atoms with Crippen LogP contribution in [0.3, 0.4) is 0 Å². The maximum atomic E-state index is 5.91. The van der Waals surface area contributed by atoms with E-state index in [0.717, 1.165) is 54.3 Å². The minimum Gasteiger partial charge on any atom is -0.460 e. The van der Waals surface area contributed by atoms with Gasteiger partial charge in [0.2, 0.25) is 0 Å². The van der Waals surface area contributed by atoms with E-state index in [0.29, 0.717) is 0 Å². The summed E-state index contributed by atoms with van der Waals surface area (Å²) in [6.07, 6.45) is 1.02. The van der Waals surface area contributed by atoms with Crippen molar-refractivity contribution < 1.29 is 9.15 Å². The predicted octanol–water partition coefficient (Wildman–Crippen LogP) is 4.96. The number of furan rings is 1. The molecule has 0 saturated heterocycles. The van der Waals surface area contributed by atoms with Crippen LogP contribution in [0.4, 0.5) is 0 Å². The second-order valence-corrected chi connectivity index (χ2v) is 5.87. The van der Waals surface area contributed by atoms with Crippen LogP contribution in [0.15, 0.2) is 39.2 Å². The fourth-order valence-corrected chi connectivity index (χ4v) is 2.65. The van der Waals surface area contributed by atoms with Crippen LogP contribution >= 0.6 is 28.3 Å². The predicted molar refractivity (Wildman–Crippen MR) is 96.6 cm³/mol. The fraction of sp³-hybridized carbons (Fsp3) is 0.412. The fourth-order valence-electron chi connectivity index (χ4n) is 2.18. The van der Waals surface area contributed by atoms with Crippen molar-refractivity contribution in [1.82, 2.24) is 5.32 Å². The second kappa shape index (κ2) is 10.1.